The maximum Gasteiger partial charge on any atom is 0.332 e. The van der Waals surface area contributed by atoms with Gasteiger partial charge in [0, 0.05) is 6.42 Å². The van der Waals surface area contributed by atoms with Gasteiger partial charge in [-0.3, -0.25) is 4.79 Å². The Morgan fingerprint density at radius 1 is 1.38 bits per heavy atom. The van der Waals surface area contributed by atoms with Crippen LogP contribution in [0.15, 0.2) is 0 Å². The summed E-state index contributed by atoms with van der Waals surface area (Å²) in [6, 6.07) is 0. The second-order valence-corrected chi connectivity index (χ2v) is 2.17. The molecule has 0 heterocycles. The van der Waals surface area contributed by atoms with Crippen molar-refractivity contribution in [2.75, 3.05) is 6.61 Å². The molecule has 13 heavy (non-hydrogen) atoms. The zero-order chi connectivity index (χ0) is 10.9. The highest BCUT2D eigenvalue weighted by atomic mass is 16.5. The summed E-state index contributed by atoms with van der Waals surface area (Å²) in [5.74, 6) is -1.31. The van der Waals surface area contributed by atoms with E-state index in [1.807, 2.05) is 0 Å². The van der Waals surface area contributed by atoms with E-state index in [4.69, 9.17) is 10.2 Å². The molecule has 0 amide bonds. The molecule has 0 saturated carbocycles. The van der Waals surface area contributed by atoms with Crippen molar-refractivity contribution in [1.29, 1.82) is 0 Å². The van der Waals surface area contributed by atoms with Crippen LogP contribution in [0.4, 0.5) is 0 Å². The molecule has 0 spiro atoms. The zero-order valence-electron chi connectivity index (χ0n) is 8.11. The van der Waals surface area contributed by atoms with Crippen molar-refractivity contribution >= 4 is 11.9 Å². The lowest BCUT2D eigenvalue weighted by atomic mass is 10.4. The first-order valence-corrected chi connectivity index (χ1v) is 4.02. The van der Waals surface area contributed by atoms with Crippen LogP contribution >= 0.6 is 0 Å². The van der Waals surface area contributed by atoms with Gasteiger partial charge in [0.25, 0.3) is 0 Å². The van der Waals surface area contributed by atoms with E-state index >= 15 is 0 Å². The van der Waals surface area contributed by atoms with Gasteiger partial charge < -0.3 is 14.9 Å². The third-order valence-corrected chi connectivity index (χ3v) is 0.951. The lowest BCUT2D eigenvalue weighted by Gasteiger charge is -1.93. The Kier molecular flexibility index (Phi) is 9.98. The molecule has 5 heteroatoms. The highest BCUT2D eigenvalue weighted by Crippen LogP contribution is 1.80. The van der Waals surface area contributed by atoms with Gasteiger partial charge in [0.1, 0.15) is 6.10 Å². The third-order valence-electron chi connectivity index (χ3n) is 0.951. The number of hydrogen-bond acceptors (Lipinski definition) is 4. The third kappa shape index (κ3) is 13.8. The van der Waals surface area contributed by atoms with Gasteiger partial charge in [-0.2, -0.15) is 0 Å². The van der Waals surface area contributed by atoms with Crippen LogP contribution in [0.5, 0.6) is 0 Å². The van der Waals surface area contributed by atoms with E-state index < -0.39 is 12.1 Å². The van der Waals surface area contributed by atoms with Crippen LogP contribution in [0.3, 0.4) is 0 Å². The Morgan fingerprint density at radius 3 is 1.85 bits per heavy atom. The van der Waals surface area contributed by atoms with Crippen LogP contribution in [-0.4, -0.2) is 34.9 Å². The number of aliphatic hydroxyl groups excluding tert-OH is 1. The van der Waals surface area contributed by atoms with Crippen molar-refractivity contribution in [2.45, 2.75) is 33.3 Å². The first kappa shape index (κ1) is 14.4. The van der Waals surface area contributed by atoms with E-state index in [1.54, 1.807) is 13.8 Å². The summed E-state index contributed by atoms with van der Waals surface area (Å²) in [4.78, 5) is 19.6. The van der Waals surface area contributed by atoms with Crippen LogP contribution in [0.25, 0.3) is 0 Å². The molecule has 78 valence electrons. The molecule has 0 aliphatic carbocycles. The number of hydrogen-bond donors (Lipinski definition) is 2. The van der Waals surface area contributed by atoms with E-state index in [1.165, 1.54) is 6.92 Å². The number of carbonyl (C=O) groups is 2. The van der Waals surface area contributed by atoms with Crippen LogP contribution < -0.4 is 0 Å². The van der Waals surface area contributed by atoms with Crippen molar-refractivity contribution in [3.8, 4) is 0 Å². The van der Waals surface area contributed by atoms with Crippen LogP contribution in [0, 0.1) is 0 Å². The summed E-state index contributed by atoms with van der Waals surface area (Å²) in [7, 11) is 0. The molecule has 0 aromatic carbocycles. The monoisotopic (exact) mass is 192 g/mol. The summed E-state index contributed by atoms with van der Waals surface area (Å²) < 4.78 is 4.55. The van der Waals surface area contributed by atoms with E-state index in [9.17, 15) is 9.59 Å². The Morgan fingerprint density at radius 2 is 1.77 bits per heavy atom. The van der Waals surface area contributed by atoms with Crippen molar-refractivity contribution in [1.82, 2.24) is 0 Å². The standard InChI is InChI=1S/C5H10O2.C3H6O3/c1-3-5(6)7-4-2;1-2(4)3(5)6/h3-4H2,1-2H3;2,4H,1H3,(H,5,6). The number of carboxylic acids is 1. The molecule has 2 N–H and O–H groups in total. The quantitative estimate of drug-likeness (QED) is 0.633. The number of esters is 1. The van der Waals surface area contributed by atoms with Crippen LogP contribution in [0.1, 0.15) is 27.2 Å². The van der Waals surface area contributed by atoms with Gasteiger partial charge in [0.2, 0.25) is 0 Å². The van der Waals surface area contributed by atoms with E-state index in [-0.39, 0.29) is 5.97 Å². The van der Waals surface area contributed by atoms with Crippen LogP contribution in [0.2, 0.25) is 0 Å². The molecule has 1 atom stereocenters. The molecule has 0 fully saturated rings. The Hall–Kier alpha value is -1.10. The van der Waals surface area contributed by atoms with Crippen LogP contribution in [-0.2, 0) is 14.3 Å². The first-order chi connectivity index (χ1) is 5.95. The van der Waals surface area contributed by atoms with Gasteiger partial charge in [-0.05, 0) is 13.8 Å². The topological polar surface area (TPSA) is 83.8 Å². The molecule has 5 nitrogen and oxygen atoms in total. The minimum absolute atomic E-state index is 0.123. The maximum atomic E-state index is 10.2. The predicted molar refractivity (Wildman–Crippen MR) is 46.2 cm³/mol. The summed E-state index contributed by atoms with van der Waals surface area (Å²) >= 11 is 0. The lowest BCUT2D eigenvalue weighted by molar-refractivity contribution is -0.145. The van der Waals surface area contributed by atoms with Crippen molar-refractivity contribution in [3.05, 3.63) is 0 Å². The lowest BCUT2D eigenvalue weighted by Crippen LogP contribution is -2.13. The molecule has 1 unspecified atom stereocenters. The molecule has 0 aromatic heterocycles. The van der Waals surface area contributed by atoms with Crippen molar-refractivity contribution < 1.29 is 24.5 Å². The van der Waals surface area contributed by atoms with Gasteiger partial charge in [0.15, 0.2) is 0 Å². The molecular weight excluding hydrogens is 176 g/mol. The van der Waals surface area contributed by atoms with E-state index in [0.717, 1.165) is 0 Å². The molecule has 0 bridgehead atoms. The predicted octanol–water partition coefficient (Wildman–Crippen LogP) is 0.411. The molecule has 0 saturated heterocycles. The summed E-state index contributed by atoms with van der Waals surface area (Å²) in [5.41, 5.74) is 0. The summed E-state index contributed by atoms with van der Waals surface area (Å²) in [6.07, 6.45) is -0.751. The van der Waals surface area contributed by atoms with Gasteiger partial charge >= 0.3 is 11.9 Å². The number of ether oxygens (including phenoxy) is 1. The van der Waals surface area contributed by atoms with Gasteiger partial charge in [-0.15, -0.1) is 0 Å². The van der Waals surface area contributed by atoms with Gasteiger partial charge in [0.05, 0.1) is 6.61 Å². The number of carbonyl (C=O) groups excluding carboxylic acids is 1. The molecular formula is C8H16O5. The van der Waals surface area contributed by atoms with Gasteiger partial charge in [-0.25, -0.2) is 4.79 Å². The minimum atomic E-state index is -1.23. The number of aliphatic hydroxyl groups is 1. The van der Waals surface area contributed by atoms with Crippen molar-refractivity contribution in [3.63, 3.8) is 0 Å². The average molecular weight is 192 g/mol. The maximum absolute atomic E-state index is 10.2. The fourth-order valence-electron chi connectivity index (χ4n) is 0.263. The molecule has 0 aliphatic rings. The fourth-order valence-corrected chi connectivity index (χ4v) is 0.263. The second kappa shape index (κ2) is 8.99. The molecule has 0 rings (SSSR count). The molecule has 0 radical (unpaired) electrons. The highest BCUT2D eigenvalue weighted by molar-refractivity contribution is 5.71. The number of aliphatic carboxylic acids is 1. The fraction of sp³-hybridized carbons (Fsp3) is 0.750. The number of rotatable bonds is 3. The largest absolute Gasteiger partial charge is 0.479 e. The van der Waals surface area contributed by atoms with E-state index in [2.05, 4.69) is 4.74 Å². The highest BCUT2D eigenvalue weighted by Gasteiger charge is 2.01. The number of carboxylic acid groups (broad SMARTS) is 1. The van der Waals surface area contributed by atoms with E-state index in [0.29, 0.717) is 13.0 Å². The minimum Gasteiger partial charge on any atom is -0.479 e. The molecule has 0 aliphatic heterocycles. The van der Waals surface area contributed by atoms with Gasteiger partial charge in [-0.1, -0.05) is 6.92 Å². The zero-order valence-corrected chi connectivity index (χ0v) is 8.11. The average Bonchev–Trinajstić information content (AvgIpc) is 2.05. The Labute approximate surface area is 77.3 Å². The summed E-state index contributed by atoms with van der Waals surface area (Å²) in [5, 5.41) is 15.8. The second-order valence-electron chi connectivity index (χ2n) is 2.17. The Balaban J connectivity index is 0. The normalized spacial score (nSPS) is 10.8. The Bertz CT molecular complexity index is 153. The SMILES string of the molecule is CC(O)C(=O)O.CCOC(=O)CC. The smallest absolute Gasteiger partial charge is 0.332 e. The first-order valence-electron chi connectivity index (χ1n) is 4.02. The van der Waals surface area contributed by atoms with Crippen molar-refractivity contribution in [2.24, 2.45) is 0 Å². The molecule has 0 aromatic rings. The summed E-state index contributed by atoms with van der Waals surface area (Å²) in [6.45, 7) is 5.26.